The van der Waals surface area contributed by atoms with Crippen LogP contribution < -0.4 is 4.90 Å². The van der Waals surface area contributed by atoms with Crippen LogP contribution in [0.3, 0.4) is 0 Å². The molecule has 0 spiro atoms. The summed E-state index contributed by atoms with van der Waals surface area (Å²) in [5.41, 5.74) is 14.8. The SMILES string of the molecule is CC1(C)c2cc(/C=C/c3cc4ccc5cccc6c5c4c(c3)n6-c3ccccc3)ccc2-c2ccc(N(c3ccccc3)c3ccccc3)cc21. The van der Waals surface area contributed by atoms with E-state index in [1.807, 2.05) is 0 Å². The maximum absolute atomic E-state index is 2.42. The highest BCUT2D eigenvalue weighted by Gasteiger charge is 2.36. The zero-order valence-electron chi connectivity index (χ0n) is 28.7. The van der Waals surface area contributed by atoms with Crippen LogP contribution in [0.15, 0.2) is 170 Å². The average molecular weight is 653 g/mol. The topological polar surface area (TPSA) is 8.17 Å². The first-order chi connectivity index (χ1) is 25.0. The predicted molar refractivity (Wildman–Crippen MR) is 217 cm³/mol. The van der Waals surface area contributed by atoms with Gasteiger partial charge in [0.05, 0.1) is 11.0 Å². The fourth-order valence-electron chi connectivity index (χ4n) is 8.45. The first-order valence-corrected chi connectivity index (χ1v) is 17.8. The van der Waals surface area contributed by atoms with E-state index in [0.717, 1.165) is 11.4 Å². The third kappa shape index (κ3) is 4.64. The van der Waals surface area contributed by atoms with Crippen molar-refractivity contribution >= 4 is 61.8 Å². The van der Waals surface area contributed by atoms with E-state index in [2.05, 4.69) is 205 Å². The molecule has 1 aliphatic rings. The van der Waals surface area contributed by atoms with Gasteiger partial charge in [0.2, 0.25) is 0 Å². The Morgan fingerprint density at radius 3 is 1.78 bits per heavy atom. The van der Waals surface area contributed by atoms with Crippen LogP contribution in [0.2, 0.25) is 0 Å². The van der Waals surface area contributed by atoms with Crippen molar-refractivity contribution in [1.82, 2.24) is 4.57 Å². The molecule has 10 rings (SSSR count). The molecule has 0 aliphatic heterocycles. The van der Waals surface area contributed by atoms with Crippen LogP contribution in [-0.4, -0.2) is 4.57 Å². The van der Waals surface area contributed by atoms with Crippen LogP contribution in [0.1, 0.15) is 36.1 Å². The maximum atomic E-state index is 2.42. The van der Waals surface area contributed by atoms with Crippen LogP contribution in [-0.2, 0) is 5.41 Å². The highest BCUT2D eigenvalue weighted by atomic mass is 15.1. The minimum absolute atomic E-state index is 0.147. The Morgan fingerprint density at radius 2 is 1.06 bits per heavy atom. The molecule has 9 aromatic rings. The molecule has 1 aliphatic carbocycles. The lowest BCUT2D eigenvalue weighted by molar-refractivity contribution is 0.660. The maximum Gasteiger partial charge on any atom is 0.0553 e. The number of anilines is 3. The van der Waals surface area contributed by atoms with Gasteiger partial charge >= 0.3 is 0 Å². The summed E-state index contributed by atoms with van der Waals surface area (Å²) in [5.74, 6) is 0. The molecular weight excluding hydrogens is 617 g/mol. The summed E-state index contributed by atoms with van der Waals surface area (Å²) in [5, 5.41) is 5.22. The molecule has 1 aromatic heterocycles. The summed E-state index contributed by atoms with van der Waals surface area (Å²) < 4.78 is 2.42. The van der Waals surface area contributed by atoms with Gasteiger partial charge in [-0.15, -0.1) is 0 Å². The number of hydrogen-bond acceptors (Lipinski definition) is 1. The standard InChI is InChI=1S/C49H36N2/c1-49(2)43-30-33(23-27-41(43)42-28-26-40(32-44(42)49)50(37-14-6-3-7-15-37)38-16-8-4-9-17-38)21-22-34-29-36-25-24-35-13-12-20-45-47(35)48(36)46(31-34)51(45)39-18-10-5-11-19-39/h3-32H,1-2H3/b22-21+. The van der Waals surface area contributed by atoms with E-state index < -0.39 is 0 Å². The Balaban J connectivity index is 1.03. The van der Waals surface area contributed by atoms with Crippen molar-refractivity contribution in [2.75, 3.05) is 4.90 Å². The molecule has 0 amide bonds. The number of fused-ring (bicyclic) bond motifs is 3. The molecule has 2 nitrogen and oxygen atoms in total. The largest absolute Gasteiger partial charge is 0.310 e. The molecule has 242 valence electrons. The minimum Gasteiger partial charge on any atom is -0.310 e. The van der Waals surface area contributed by atoms with Gasteiger partial charge in [0, 0.05) is 38.9 Å². The van der Waals surface area contributed by atoms with Crippen molar-refractivity contribution in [3.05, 3.63) is 192 Å². The van der Waals surface area contributed by atoms with Crippen molar-refractivity contribution < 1.29 is 0 Å². The summed E-state index contributed by atoms with van der Waals surface area (Å²) in [6.45, 7) is 4.73. The van der Waals surface area contributed by atoms with Crippen LogP contribution in [0.4, 0.5) is 17.1 Å². The molecule has 51 heavy (non-hydrogen) atoms. The van der Waals surface area contributed by atoms with E-state index in [1.165, 1.54) is 77.3 Å². The van der Waals surface area contributed by atoms with E-state index in [9.17, 15) is 0 Å². The highest BCUT2D eigenvalue weighted by molar-refractivity contribution is 6.24. The normalized spacial score (nSPS) is 13.4. The van der Waals surface area contributed by atoms with Crippen molar-refractivity contribution in [3.8, 4) is 16.8 Å². The molecular formula is C49H36N2. The Kier molecular flexibility index (Phi) is 6.56. The van der Waals surface area contributed by atoms with Gasteiger partial charge in [-0.3, -0.25) is 0 Å². The third-order valence-electron chi connectivity index (χ3n) is 10.9. The number of para-hydroxylation sites is 3. The van der Waals surface area contributed by atoms with Gasteiger partial charge in [-0.25, -0.2) is 0 Å². The molecule has 0 N–H and O–H groups in total. The van der Waals surface area contributed by atoms with Gasteiger partial charge in [-0.1, -0.05) is 129 Å². The lowest BCUT2D eigenvalue weighted by Crippen LogP contribution is -2.16. The van der Waals surface area contributed by atoms with Gasteiger partial charge in [0.25, 0.3) is 0 Å². The Labute approximate surface area is 298 Å². The Bertz CT molecular complexity index is 2710. The molecule has 0 fully saturated rings. The smallest absolute Gasteiger partial charge is 0.0553 e. The van der Waals surface area contributed by atoms with Crippen molar-refractivity contribution in [2.45, 2.75) is 19.3 Å². The quantitative estimate of drug-likeness (QED) is 0.128. The second-order valence-electron chi connectivity index (χ2n) is 14.2. The minimum atomic E-state index is -0.147. The zero-order valence-corrected chi connectivity index (χ0v) is 28.7. The lowest BCUT2D eigenvalue weighted by atomic mass is 9.81. The predicted octanol–water partition coefficient (Wildman–Crippen LogP) is 13.3. The molecule has 1 heterocycles. The number of hydrogen-bond donors (Lipinski definition) is 0. The second kappa shape index (κ2) is 11.3. The summed E-state index contributed by atoms with van der Waals surface area (Å²) in [6.07, 6.45) is 4.55. The summed E-state index contributed by atoms with van der Waals surface area (Å²) in [4.78, 5) is 2.35. The monoisotopic (exact) mass is 652 g/mol. The molecule has 0 bridgehead atoms. The van der Waals surface area contributed by atoms with Crippen molar-refractivity contribution in [3.63, 3.8) is 0 Å². The van der Waals surface area contributed by atoms with Crippen molar-refractivity contribution in [1.29, 1.82) is 0 Å². The fourth-order valence-corrected chi connectivity index (χ4v) is 8.45. The average Bonchev–Trinajstić information content (AvgIpc) is 3.63. The third-order valence-corrected chi connectivity index (χ3v) is 10.9. The van der Waals surface area contributed by atoms with Gasteiger partial charge in [0.15, 0.2) is 0 Å². The number of aromatic nitrogens is 1. The second-order valence-corrected chi connectivity index (χ2v) is 14.2. The van der Waals surface area contributed by atoms with E-state index >= 15 is 0 Å². The van der Waals surface area contributed by atoms with Crippen LogP contribution in [0, 0.1) is 0 Å². The Hall–Kier alpha value is -6.38. The number of benzene rings is 8. The molecule has 8 aromatic carbocycles. The van der Waals surface area contributed by atoms with E-state index in [4.69, 9.17) is 0 Å². The van der Waals surface area contributed by atoms with E-state index in [1.54, 1.807) is 0 Å². The lowest BCUT2D eigenvalue weighted by Gasteiger charge is -2.28. The van der Waals surface area contributed by atoms with Gasteiger partial charge in [0.1, 0.15) is 0 Å². The van der Waals surface area contributed by atoms with Crippen LogP contribution in [0.25, 0.3) is 61.5 Å². The molecule has 2 heteroatoms. The van der Waals surface area contributed by atoms with Gasteiger partial charge in [-0.2, -0.15) is 0 Å². The van der Waals surface area contributed by atoms with Crippen molar-refractivity contribution in [2.24, 2.45) is 0 Å². The molecule has 0 saturated heterocycles. The summed E-state index contributed by atoms with van der Waals surface area (Å²) in [7, 11) is 0. The Morgan fingerprint density at radius 1 is 0.451 bits per heavy atom. The van der Waals surface area contributed by atoms with Gasteiger partial charge < -0.3 is 9.47 Å². The fraction of sp³-hybridized carbons (Fsp3) is 0.0612. The molecule has 0 saturated carbocycles. The van der Waals surface area contributed by atoms with Gasteiger partial charge in [-0.05, 0) is 111 Å². The number of nitrogens with zero attached hydrogens (tertiary/aromatic N) is 2. The molecule has 0 atom stereocenters. The molecule has 0 radical (unpaired) electrons. The van der Waals surface area contributed by atoms with E-state index in [-0.39, 0.29) is 5.41 Å². The zero-order chi connectivity index (χ0) is 34.1. The highest BCUT2D eigenvalue weighted by Crippen LogP contribution is 2.51. The van der Waals surface area contributed by atoms with Crippen LogP contribution in [0.5, 0.6) is 0 Å². The van der Waals surface area contributed by atoms with Crippen LogP contribution >= 0.6 is 0 Å². The summed E-state index contributed by atoms with van der Waals surface area (Å²) in [6, 6.07) is 61.9. The first-order valence-electron chi connectivity index (χ1n) is 17.8. The number of rotatable bonds is 6. The molecule has 0 unspecified atom stereocenters. The summed E-state index contributed by atoms with van der Waals surface area (Å²) >= 11 is 0. The van der Waals surface area contributed by atoms with E-state index in [0.29, 0.717) is 0 Å². The first kappa shape index (κ1) is 29.5.